The molecule has 1 radical (unpaired) electrons. The molecule has 6 unspecified atom stereocenters. The zero-order chi connectivity index (χ0) is 14.8. The third-order valence-electron chi connectivity index (χ3n) is 6.96. The van der Waals surface area contributed by atoms with E-state index < -0.39 is 9.04 Å². The van der Waals surface area contributed by atoms with Gasteiger partial charge in [-0.25, -0.2) is 0 Å². The van der Waals surface area contributed by atoms with Crippen LogP contribution in [0.15, 0.2) is 0 Å². The minimum atomic E-state index is -0.546. The second kappa shape index (κ2) is 7.31. The molecule has 21 heavy (non-hydrogen) atoms. The van der Waals surface area contributed by atoms with E-state index in [0.29, 0.717) is 0 Å². The van der Waals surface area contributed by atoms with Crippen LogP contribution in [0.4, 0.5) is 0 Å². The van der Waals surface area contributed by atoms with Crippen LogP contribution in [0.5, 0.6) is 0 Å². The standard InChI is InChI=1S/C18H35OSi2/c1-13-7-4-10-16(13)20-19-21(17-11-5-8-14(17)2)18-12-6-9-15(18)3/h13-18H,4-12,20H2,1-3H3. The minimum Gasteiger partial charge on any atom is -0.460 e. The summed E-state index contributed by atoms with van der Waals surface area (Å²) >= 11 is 0. The third-order valence-corrected chi connectivity index (χ3v) is 13.8. The van der Waals surface area contributed by atoms with Crippen LogP contribution < -0.4 is 0 Å². The van der Waals surface area contributed by atoms with Crippen LogP contribution in [0.25, 0.3) is 0 Å². The Balaban J connectivity index is 1.63. The van der Waals surface area contributed by atoms with Gasteiger partial charge in [-0.3, -0.25) is 0 Å². The number of rotatable bonds is 5. The molecule has 0 aliphatic heterocycles. The molecule has 0 saturated heterocycles. The molecule has 3 saturated carbocycles. The van der Waals surface area contributed by atoms with Crippen LogP contribution in [-0.2, 0) is 4.12 Å². The average Bonchev–Trinajstić information content (AvgIpc) is 3.16. The lowest BCUT2D eigenvalue weighted by Crippen LogP contribution is -2.35. The van der Waals surface area contributed by atoms with Crippen LogP contribution in [0.2, 0.25) is 16.6 Å². The van der Waals surface area contributed by atoms with Gasteiger partial charge in [-0.15, -0.1) is 0 Å². The zero-order valence-corrected chi connectivity index (χ0v) is 16.9. The van der Waals surface area contributed by atoms with Crippen LogP contribution in [0.1, 0.15) is 78.6 Å². The molecule has 121 valence electrons. The molecule has 0 amide bonds. The molecule has 0 spiro atoms. The smallest absolute Gasteiger partial charge is 0.204 e. The molecule has 0 heterocycles. The highest BCUT2D eigenvalue weighted by Crippen LogP contribution is 2.49. The van der Waals surface area contributed by atoms with E-state index in [9.17, 15) is 0 Å². The number of hydrogen-bond donors (Lipinski definition) is 0. The first-order valence-electron chi connectivity index (χ1n) is 9.66. The predicted octanol–water partition coefficient (Wildman–Crippen LogP) is 5.07. The third kappa shape index (κ3) is 3.66. The monoisotopic (exact) mass is 323 g/mol. The Kier molecular flexibility index (Phi) is 5.66. The number of hydrogen-bond acceptors (Lipinski definition) is 1. The van der Waals surface area contributed by atoms with E-state index in [0.717, 1.165) is 34.4 Å². The zero-order valence-electron chi connectivity index (χ0n) is 14.4. The maximum Gasteiger partial charge on any atom is 0.204 e. The quantitative estimate of drug-likeness (QED) is 0.642. The fraction of sp³-hybridized carbons (Fsp3) is 1.00. The van der Waals surface area contributed by atoms with E-state index in [2.05, 4.69) is 20.8 Å². The molecule has 3 rings (SSSR count). The summed E-state index contributed by atoms with van der Waals surface area (Å²) in [5.74, 6) is 2.89. The van der Waals surface area contributed by atoms with Gasteiger partial charge in [0.05, 0.1) is 0 Å². The van der Waals surface area contributed by atoms with E-state index in [4.69, 9.17) is 4.12 Å². The van der Waals surface area contributed by atoms with Gasteiger partial charge < -0.3 is 4.12 Å². The highest BCUT2D eigenvalue weighted by molar-refractivity contribution is 6.62. The summed E-state index contributed by atoms with van der Waals surface area (Å²) in [6.07, 6.45) is 13.3. The van der Waals surface area contributed by atoms with Crippen LogP contribution in [0, 0.1) is 17.8 Å². The van der Waals surface area contributed by atoms with E-state index in [1.165, 1.54) is 57.8 Å². The molecule has 0 aromatic rings. The lowest BCUT2D eigenvalue weighted by atomic mass is 10.1. The van der Waals surface area contributed by atoms with Gasteiger partial charge >= 0.3 is 0 Å². The highest BCUT2D eigenvalue weighted by atomic mass is 28.3. The molecule has 0 bridgehead atoms. The molecule has 0 N–H and O–H groups in total. The van der Waals surface area contributed by atoms with Gasteiger partial charge in [0.25, 0.3) is 0 Å². The Labute approximate surface area is 136 Å². The van der Waals surface area contributed by atoms with E-state index in [-0.39, 0.29) is 9.76 Å². The highest BCUT2D eigenvalue weighted by Gasteiger charge is 2.43. The van der Waals surface area contributed by atoms with Crippen molar-refractivity contribution in [3.05, 3.63) is 0 Å². The van der Waals surface area contributed by atoms with Gasteiger partial charge in [0.2, 0.25) is 9.04 Å². The van der Waals surface area contributed by atoms with Crippen LogP contribution >= 0.6 is 0 Å². The first kappa shape index (κ1) is 16.3. The van der Waals surface area contributed by atoms with Crippen molar-refractivity contribution < 1.29 is 4.12 Å². The summed E-state index contributed by atoms with van der Waals surface area (Å²) in [7, 11) is -0.820. The second-order valence-electron chi connectivity index (χ2n) is 8.41. The first-order chi connectivity index (χ1) is 10.2. The fourth-order valence-electron chi connectivity index (χ4n) is 5.30. The molecule has 6 atom stereocenters. The van der Waals surface area contributed by atoms with Crippen molar-refractivity contribution in [2.45, 2.75) is 95.2 Å². The summed E-state index contributed by atoms with van der Waals surface area (Å²) < 4.78 is 6.95. The molecular weight excluding hydrogens is 288 g/mol. The van der Waals surface area contributed by atoms with E-state index in [1.54, 1.807) is 0 Å². The van der Waals surface area contributed by atoms with E-state index >= 15 is 0 Å². The van der Waals surface area contributed by atoms with E-state index in [1.807, 2.05) is 0 Å². The molecule has 3 aliphatic rings. The lowest BCUT2D eigenvalue weighted by Gasteiger charge is -2.33. The van der Waals surface area contributed by atoms with Gasteiger partial charge in [-0.05, 0) is 34.4 Å². The lowest BCUT2D eigenvalue weighted by molar-refractivity contribution is 0.456. The Bertz CT molecular complexity index is 315. The van der Waals surface area contributed by atoms with Crippen molar-refractivity contribution in [1.82, 2.24) is 0 Å². The summed E-state index contributed by atoms with van der Waals surface area (Å²) in [6, 6.07) is 0. The second-order valence-corrected chi connectivity index (χ2v) is 13.2. The Morgan fingerprint density at radius 2 is 1.24 bits per heavy atom. The molecule has 3 heteroatoms. The molecule has 0 aromatic carbocycles. The molecule has 3 aliphatic carbocycles. The van der Waals surface area contributed by atoms with Crippen molar-refractivity contribution in [3.8, 4) is 0 Å². The van der Waals surface area contributed by atoms with Gasteiger partial charge in [0.15, 0.2) is 0 Å². The molecule has 0 aromatic heterocycles. The van der Waals surface area contributed by atoms with Gasteiger partial charge in [-0.2, -0.15) is 0 Å². The Hall–Kier alpha value is 0.394. The molecule has 1 nitrogen and oxygen atoms in total. The SMILES string of the molecule is CC1CCCC1[SiH2]O[Si](C1CCCC1C)C1CCCC1C. The fourth-order valence-corrected chi connectivity index (χ4v) is 12.6. The van der Waals surface area contributed by atoms with Gasteiger partial charge in [0.1, 0.15) is 9.76 Å². The summed E-state index contributed by atoms with van der Waals surface area (Å²) in [5, 5.41) is 0. The largest absolute Gasteiger partial charge is 0.460 e. The van der Waals surface area contributed by atoms with Crippen molar-refractivity contribution in [1.29, 1.82) is 0 Å². The van der Waals surface area contributed by atoms with Crippen molar-refractivity contribution in [2.75, 3.05) is 0 Å². The summed E-state index contributed by atoms with van der Waals surface area (Å²) in [5.41, 5.74) is 2.99. The normalized spacial score (nSPS) is 44.6. The van der Waals surface area contributed by atoms with Crippen molar-refractivity contribution in [3.63, 3.8) is 0 Å². The topological polar surface area (TPSA) is 9.23 Å². The Morgan fingerprint density at radius 3 is 1.67 bits per heavy atom. The van der Waals surface area contributed by atoms with Crippen molar-refractivity contribution in [2.24, 2.45) is 17.8 Å². The van der Waals surface area contributed by atoms with Crippen LogP contribution in [0.3, 0.4) is 0 Å². The first-order valence-corrected chi connectivity index (χ1v) is 12.6. The van der Waals surface area contributed by atoms with Gasteiger partial charge in [0, 0.05) is 0 Å². The summed E-state index contributed by atoms with van der Waals surface area (Å²) in [6.45, 7) is 7.52. The maximum absolute atomic E-state index is 6.95. The summed E-state index contributed by atoms with van der Waals surface area (Å²) in [4.78, 5) is 0. The molecule has 3 fully saturated rings. The molecular formula is C18H35OSi2. The predicted molar refractivity (Wildman–Crippen MR) is 95.7 cm³/mol. The Morgan fingerprint density at radius 1 is 0.714 bits per heavy atom. The van der Waals surface area contributed by atoms with Crippen molar-refractivity contribution >= 4 is 18.8 Å². The van der Waals surface area contributed by atoms with Crippen LogP contribution in [-0.4, -0.2) is 18.8 Å². The van der Waals surface area contributed by atoms with Gasteiger partial charge in [-0.1, -0.05) is 78.6 Å². The maximum atomic E-state index is 6.95. The average molecular weight is 324 g/mol. The minimum absolute atomic E-state index is 0.275.